The maximum Gasteiger partial charge on any atom is 0.270 e. The number of benzene rings is 1. The van der Waals surface area contributed by atoms with Crippen LogP contribution in [0.1, 0.15) is 38.3 Å². The van der Waals surface area contributed by atoms with Gasteiger partial charge in [-0.3, -0.25) is 15.1 Å². The largest absolute Gasteiger partial charge is 0.379 e. The van der Waals surface area contributed by atoms with Crippen LogP contribution in [0.4, 0.5) is 11.4 Å². The predicted octanol–water partition coefficient (Wildman–Crippen LogP) is 4.20. The van der Waals surface area contributed by atoms with Gasteiger partial charge in [-0.15, -0.1) is 0 Å². The van der Waals surface area contributed by atoms with E-state index in [1.807, 2.05) is 13.0 Å². The van der Waals surface area contributed by atoms with E-state index in [1.54, 1.807) is 12.1 Å². The molecule has 1 aliphatic rings. The number of nitro benzene ring substituents is 1. The lowest BCUT2D eigenvalue weighted by Crippen LogP contribution is -2.30. The third kappa shape index (κ3) is 2.68. The second kappa shape index (κ2) is 4.98. The summed E-state index contributed by atoms with van der Waals surface area (Å²) in [6.07, 6.45) is 4.72. The third-order valence-corrected chi connectivity index (χ3v) is 4.27. The number of nitrogens with one attached hydrogen (secondary N) is 1. The molecule has 0 saturated heterocycles. The molecular formula is C16H19N3O2. The number of fused-ring (bicyclic) bond motifs is 1. The lowest BCUT2D eigenvalue weighted by molar-refractivity contribution is -0.384. The van der Waals surface area contributed by atoms with E-state index in [1.165, 1.54) is 18.9 Å². The van der Waals surface area contributed by atoms with Crippen molar-refractivity contribution in [3.05, 3.63) is 40.1 Å². The molecule has 0 spiro atoms. The molecule has 1 heterocycles. The first-order chi connectivity index (χ1) is 9.97. The van der Waals surface area contributed by atoms with Crippen LogP contribution < -0.4 is 5.32 Å². The first-order valence-electron chi connectivity index (χ1n) is 7.31. The molecule has 0 amide bonds. The van der Waals surface area contributed by atoms with Crippen LogP contribution >= 0.6 is 0 Å². The van der Waals surface area contributed by atoms with Crippen molar-refractivity contribution in [3.8, 4) is 0 Å². The van der Waals surface area contributed by atoms with E-state index in [0.29, 0.717) is 0 Å². The number of aromatic nitrogens is 1. The highest BCUT2D eigenvalue weighted by molar-refractivity contribution is 5.93. The van der Waals surface area contributed by atoms with E-state index in [2.05, 4.69) is 17.2 Å². The summed E-state index contributed by atoms with van der Waals surface area (Å²) < 4.78 is 0. The molecule has 0 radical (unpaired) electrons. The highest BCUT2D eigenvalue weighted by Gasteiger charge is 2.29. The third-order valence-electron chi connectivity index (χ3n) is 4.27. The smallest absolute Gasteiger partial charge is 0.270 e. The summed E-state index contributed by atoms with van der Waals surface area (Å²) in [6.45, 7) is 4.17. The zero-order valence-corrected chi connectivity index (χ0v) is 12.3. The van der Waals surface area contributed by atoms with Gasteiger partial charge in [0.1, 0.15) is 0 Å². The molecule has 1 aromatic heterocycles. The zero-order chi connectivity index (χ0) is 15.0. The Morgan fingerprint density at radius 1 is 1.29 bits per heavy atom. The minimum absolute atomic E-state index is 0.0747. The standard InChI is InChI=1S/C16H19N3O2/c1-11-9-15(18-16(2)7-3-4-8-16)13-10-12(19(20)21)5-6-14(13)17-11/h5-6,9-10H,3-4,7-8H2,1-2H3,(H,17,18). The summed E-state index contributed by atoms with van der Waals surface area (Å²) >= 11 is 0. The van der Waals surface area contributed by atoms with Gasteiger partial charge in [0.05, 0.1) is 10.4 Å². The van der Waals surface area contributed by atoms with Gasteiger partial charge in [0.2, 0.25) is 0 Å². The number of non-ortho nitro benzene ring substituents is 1. The molecule has 1 fully saturated rings. The van der Waals surface area contributed by atoms with Crippen LogP contribution in [-0.2, 0) is 0 Å². The van der Waals surface area contributed by atoms with Crippen molar-refractivity contribution < 1.29 is 4.92 Å². The maximum absolute atomic E-state index is 11.0. The molecule has 21 heavy (non-hydrogen) atoms. The Morgan fingerprint density at radius 3 is 2.67 bits per heavy atom. The number of pyridine rings is 1. The quantitative estimate of drug-likeness (QED) is 0.678. The first kappa shape index (κ1) is 13.8. The topological polar surface area (TPSA) is 68.1 Å². The van der Waals surface area contributed by atoms with Crippen molar-refractivity contribution in [2.75, 3.05) is 5.32 Å². The van der Waals surface area contributed by atoms with Crippen molar-refractivity contribution in [1.29, 1.82) is 0 Å². The van der Waals surface area contributed by atoms with Gasteiger partial charge < -0.3 is 5.32 Å². The van der Waals surface area contributed by atoms with Gasteiger partial charge in [0.25, 0.3) is 5.69 Å². The number of aryl methyl sites for hydroxylation is 1. The normalized spacial score (nSPS) is 17.0. The van der Waals surface area contributed by atoms with E-state index in [9.17, 15) is 10.1 Å². The Morgan fingerprint density at radius 2 is 2.00 bits per heavy atom. The van der Waals surface area contributed by atoms with Crippen LogP contribution in [0, 0.1) is 17.0 Å². The average Bonchev–Trinajstić information content (AvgIpc) is 2.84. The molecule has 0 atom stereocenters. The molecule has 3 rings (SSSR count). The monoisotopic (exact) mass is 285 g/mol. The van der Waals surface area contributed by atoms with E-state index >= 15 is 0 Å². The summed E-state index contributed by atoms with van der Waals surface area (Å²) in [5.74, 6) is 0. The van der Waals surface area contributed by atoms with Gasteiger partial charge in [-0.25, -0.2) is 0 Å². The fraction of sp³-hybridized carbons (Fsp3) is 0.438. The summed E-state index contributed by atoms with van der Waals surface area (Å²) in [5, 5.41) is 15.4. The Bertz CT molecular complexity index is 706. The number of hydrogen-bond acceptors (Lipinski definition) is 4. The van der Waals surface area contributed by atoms with Gasteiger partial charge >= 0.3 is 0 Å². The minimum atomic E-state index is -0.361. The molecule has 1 aromatic carbocycles. The summed E-state index contributed by atoms with van der Waals surface area (Å²) in [6, 6.07) is 6.83. The minimum Gasteiger partial charge on any atom is -0.379 e. The van der Waals surface area contributed by atoms with Crippen LogP contribution in [0.15, 0.2) is 24.3 Å². The van der Waals surface area contributed by atoms with Gasteiger partial charge in [0, 0.05) is 34.4 Å². The van der Waals surface area contributed by atoms with Crippen molar-refractivity contribution in [3.63, 3.8) is 0 Å². The second-order valence-electron chi connectivity index (χ2n) is 6.16. The number of nitro groups is 1. The molecular weight excluding hydrogens is 266 g/mol. The SMILES string of the molecule is Cc1cc(NC2(C)CCCC2)c2cc([N+](=O)[O-])ccc2n1. The van der Waals surface area contributed by atoms with Crippen LogP contribution in [0.2, 0.25) is 0 Å². The first-order valence-corrected chi connectivity index (χ1v) is 7.31. The summed E-state index contributed by atoms with van der Waals surface area (Å²) in [4.78, 5) is 15.1. The summed E-state index contributed by atoms with van der Waals surface area (Å²) in [5.41, 5.74) is 2.84. The molecule has 0 bridgehead atoms. The van der Waals surface area contributed by atoms with E-state index in [0.717, 1.165) is 35.1 Å². The van der Waals surface area contributed by atoms with Crippen LogP contribution in [0.25, 0.3) is 10.9 Å². The molecule has 5 heteroatoms. The predicted molar refractivity (Wildman–Crippen MR) is 83.6 cm³/mol. The molecule has 0 aliphatic heterocycles. The van der Waals surface area contributed by atoms with Crippen molar-refractivity contribution in [1.82, 2.24) is 4.98 Å². The fourth-order valence-corrected chi connectivity index (χ4v) is 3.17. The fourth-order valence-electron chi connectivity index (χ4n) is 3.17. The highest BCUT2D eigenvalue weighted by Crippen LogP contribution is 2.35. The average molecular weight is 285 g/mol. The Balaban J connectivity index is 2.10. The number of hydrogen-bond donors (Lipinski definition) is 1. The van der Waals surface area contributed by atoms with E-state index in [4.69, 9.17) is 0 Å². The van der Waals surface area contributed by atoms with Crippen LogP contribution in [0.3, 0.4) is 0 Å². The number of nitrogens with zero attached hydrogens (tertiary/aromatic N) is 2. The van der Waals surface area contributed by atoms with Crippen molar-refractivity contribution in [2.45, 2.75) is 45.1 Å². The molecule has 5 nitrogen and oxygen atoms in total. The number of anilines is 1. The molecule has 110 valence electrons. The van der Waals surface area contributed by atoms with Crippen LogP contribution in [-0.4, -0.2) is 15.4 Å². The lowest BCUT2D eigenvalue weighted by Gasteiger charge is -2.27. The Hall–Kier alpha value is -2.17. The van der Waals surface area contributed by atoms with Gasteiger partial charge in [-0.05, 0) is 38.8 Å². The zero-order valence-electron chi connectivity index (χ0n) is 12.3. The molecule has 1 aliphatic carbocycles. The van der Waals surface area contributed by atoms with Crippen LogP contribution in [0.5, 0.6) is 0 Å². The molecule has 2 aromatic rings. The van der Waals surface area contributed by atoms with Gasteiger partial charge in [-0.1, -0.05) is 12.8 Å². The number of rotatable bonds is 3. The second-order valence-corrected chi connectivity index (χ2v) is 6.16. The Kier molecular flexibility index (Phi) is 3.27. The van der Waals surface area contributed by atoms with E-state index < -0.39 is 0 Å². The van der Waals surface area contributed by atoms with Gasteiger partial charge in [0.15, 0.2) is 0 Å². The molecule has 1 saturated carbocycles. The van der Waals surface area contributed by atoms with E-state index in [-0.39, 0.29) is 16.1 Å². The lowest BCUT2D eigenvalue weighted by atomic mass is 9.99. The summed E-state index contributed by atoms with van der Waals surface area (Å²) in [7, 11) is 0. The maximum atomic E-state index is 11.0. The molecule has 1 N–H and O–H groups in total. The highest BCUT2D eigenvalue weighted by atomic mass is 16.6. The Labute approximate surface area is 123 Å². The van der Waals surface area contributed by atoms with Crippen molar-refractivity contribution in [2.24, 2.45) is 0 Å². The van der Waals surface area contributed by atoms with Crippen molar-refractivity contribution >= 4 is 22.3 Å². The molecule has 0 unspecified atom stereocenters. The van der Waals surface area contributed by atoms with Gasteiger partial charge in [-0.2, -0.15) is 0 Å².